The summed E-state index contributed by atoms with van der Waals surface area (Å²) in [5, 5.41) is 2.60. The number of allylic oxidation sites excluding steroid dienone is 4. The summed E-state index contributed by atoms with van der Waals surface area (Å²) in [7, 11) is -2.81. The van der Waals surface area contributed by atoms with Crippen molar-refractivity contribution in [3.05, 3.63) is 48.9 Å². The number of nitrogens with one attached hydrogen (secondary N) is 1. The first-order chi connectivity index (χ1) is 9.49. The highest BCUT2D eigenvalue weighted by Gasteiger charge is 2.29. The third-order valence-electron chi connectivity index (χ3n) is 2.52. The van der Waals surface area contributed by atoms with Crippen LogP contribution in [0.1, 0.15) is 6.92 Å². The van der Waals surface area contributed by atoms with Crippen molar-refractivity contribution < 1.29 is 17.9 Å². The van der Waals surface area contributed by atoms with Gasteiger partial charge in [0, 0.05) is 6.92 Å². The molecular weight excluding hydrogens is 280 g/mol. The summed E-state index contributed by atoms with van der Waals surface area (Å²) >= 11 is 0. The standard InChI is InChI=1S/C13H18N2O4S/c1-4-6-12-13(7-5-2)19-11(8-14-10(3)16)9-15(12)20(17)18/h4-7,11,20H,1-2,8-9H2,3H3,(H,14,16)/b12-6+,13-7+/t11-/m0/s1. The van der Waals surface area contributed by atoms with Gasteiger partial charge in [0.05, 0.1) is 18.8 Å². The summed E-state index contributed by atoms with van der Waals surface area (Å²) in [5.41, 5.74) is 0.398. The van der Waals surface area contributed by atoms with Gasteiger partial charge in [-0.15, -0.1) is 0 Å². The van der Waals surface area contributed by atoms with Crippen LogP contribution in [0.2, 0.25) is 0 Å². The first kappa shape index (κ1) is 16.0. The second kappa shape index (κ2) is 7.54. The Labute approximate surface area is 120 Å². The number of hydrogen-bond acceptors (Lipinski definition) is 4. The molecule has 110 valence electrons. The Bertz CT molecular complexity index is 526. The van der Waals surface area contributed by atoms with Crippen LogP contribution in [0.15, 0.2) is 48.9 Å². The summed E-state index contributed by atoms with van der Waals surface area (Å²) in [5.74, 6) is 0.175. The third-order valence-corrected chi connectivity index (χ3v) is 3.29. The summed E-state index contributed by atoms with van der Waals surface area (Å²) in [6, 6.07) is 0. The highest BCUT2D eigenvalue weighted by Crippen LogP contribution is 2.25. The van der Waals surface area contributed by atoms with Gasteiger partial charge in [0.1, 0.15) is 11.9 Å². The molecule has 0 aromatic carbocycles. The van der Waals surface area contributed by atoms with E-state index in [1.54, 1.807) is 12.2 Å². The van der Waals surface area contributed by atoms with E-state index in [1.165, 1.54) is 23.4 Å². The lowest BCUT2D eigenvalue weighted by Gasteiger charge is -2.34. The number of thiol groups is 1. The van der Waals surface area contributed by atoms with Crippen LogP contribution in [0, 0.1) is 0 Å². The van der Waals surface area contributed by atoms with E-state index in [1.807, 2.05) is 0 Å². The number of ether oxygens (including phenoxy) is 1. The second-order valence-corrected chi connectivity index (χ2v) is 5.01. The number of rotatable bonds is 5. The van der Waals surface area contributed by atoms with Crippen LogP contribution < -0.4 is 5.32 Å². The van der Waals surface area contributed by atoms with Crippen LogP contribution in [0.4, 0.5) is 0 Å². The van der Waals surface area contributed by atoms with Crippen molar-refractivity contribution in [2.45, 2.75) is 13.0 Å². The summed E-state index contributed by atoms with van der Waals surface area (Å²) in [6.07, 6.45) is 5.65. The van der Waals surface area contributed by atoms with Crippen molar-refractivity contribution in [3.8, 4) is 0 Å². The van der Waals surface area contributed by atoms with Crippen LogP contribution in [-0.4, -0.2) is 37.8 Å². The Morgan fingerprint density at radius 2 is 2.10 bits per heavy atom. The van der Waals surface area contributed by atoms with Gasteiger partial charge < -0.3 is 10.1 Å². The lowest BCUT2D eigenvalue weighted by Crippen LogP contribution is -2.44. The molecule has 0 spiro atoms. The zero-order chi connectivity index (χ0) is 15.1. The summed E-state index contributed by atoms with van der Waals surface area (Å²) < 4.78 is 29.6. The van der Waals surface area contributed by atoms with Crippen LogP contribution in [0.3, 0.4) is 0 Å². The zero-order valence-corrected chi connectivity index (χ0v) is 12.1. The number of morpholine rings is 1. The predicted molar refractivity (Wildman–Crippen MR) is 77.1 cm³/mol. The molecule has 0 bridgehead atoms. The monoisotopic (exact) mass is 298 g/mol. The molecule has 6 nitrogen and oxygen atoms in total. The van der Waals surface area contributed by atoms with Crippen molar-refractivity contribution in [2.24, 2.45) is 0 Å². The highest BCUT2D eigenvalue weighted by atomic mass is 32.2. The van der Waals surface area contributed by atoms with E-state index in [-0.39, 0.29) is 19.0 Å². The molecule has 20 heavy (non-hydrogen) atoms. The fourth-order valence-electron chi connectivity index (χ4n) is 1.73. The van der Waals surface area contributed by atoms with Gasteiger partial charge in [0.2, 0.25) is 16.8 Å². The Hall–Kier alpha value is -2.02. The summed E-state index contributed by atoms with van der Waals surface area (Å²) in [4.78, 5) is 10.9. The molecule has 1 aliphatic rings. The van der Waals surface area contributed by atoms with Crippen molar-refractivity contribution in [1.29, 1.82) is 0 Å². The van der Waals surface area contributed by atoms with Crippen molar-refractivity contribution in [3.63, 3.8) is 0 Å². The summed E-state index contributed by atoms with van der Waals surface area (Å²) in [6.45, 7) is 8.87. The number of carbonyl (C=O) groups is 1. The topological polar surface area (TPSA) is 75.7 Å². The van der Waals surface area contributed by atoms with Crippen molar-refractivity contribution >= 4 is 16.8 Å². The van der Waals surface area contributed by atoms with Gasteiger partial charge in [-0.2, -0.15) is 0 Å². The minimum atomic E-state index is -2.81. The average Bonchev–Trinajstić information content (AvgIpc) is 2.38. The van der Waals surface area contributed by atoms with Gasteiger partial charge in [-0.05, 0) is 12.2 Å². The Morgan fingerprint density at radius 3 is 2.60 bits per heavy atom. The third kappa shape index (κ3) is 4.27. The molecule has 7 heteroatoms. The van der Waals surface area contributed by atoms with E-state index in [0.29, 0.717) is 11.5 Å². The number of amides is 1. The maximum Gasteiger partial charge on any atom is 0.225 e. The molecule has 0 saturated carbocycles. The molecule has 0 aliphatic carbocycles. The molecule has 1 fully saturated rings. The molecule has 0 radical (unpaired) electrons. The van der Waals surface area contributed by atoms with E-state index in [9.17, 15) is 13.2 Å². The lowest BCUT2D eigenvalue weighted by molar-refractivity contribution is -0.119. The largest absolute Gasteiger partial charge is 0.484 e. The van der Waals surface area contributed by atoms with Crippen molar-refractivity contribution in [1.82, 2.24) is 9.62 Å². The van der Waals surface area contributed by atoms with Gasteiger partial charge in [0.15, 0.2) is 0 Å². The molecule has 0 unspecified atom stereocenters. The van der Waals surface area contributed by atoms with Crippen LogP contribution in [0.5, 0.6) is 0 Å². The van der Waals surface area contributed by atoms with E-state index < -0.39 is 17.0 Å². The number of hydrogen-bond donors (Lipinski definition) is 2. The average molecular weight is 298 g/mol. The van der Waals surface area contributed by atoms with E-state index in [2.05, 4.69) is 18.5 Å². The molecule has 0 aromatic rings. The van der Waals surface area contributed by atoms with E-state index in [4.69, 9.17) is 4.74 Å². The fourth-order valence-corrected chi connectivity index (χ4v) is 2.38. The smallest absolute Gasteiger partial charge is 0.225 e. The molecule has 1 atom stereocenters. The molecule has 1 rings (SSSR count). The first-order valence-electron chi connectivity index (χ1n) is 5.98. The van der Waals surface area contributed by atoms with Gasteiger partial charge in [-0.3, -0.25) is 9.10 Å². The maximum atomic E-state index is 11.4. The van der Waals surface area contributed by atoms with Crippen LogP contribution in [0.25, 0.3) is 0 Å². The van der Waals surface area contributed by atoms with E-state index >= 15 is 0 Å². The van der Waals surface area contributed by atoms with Crippen LogP contribution >= 0.6 is 0 Å². The quantitative estimate of drug-likeness (QED) is 0.724. The van der Waals surface area contributed by atoms with Gasteiger partial charge in [-0.25, -0.2) is 8.42 Å². The molecule has 1 N–H and O–H groups in total. The normalized spacial score (nSPS) is 22.7. The number of nitrogens with zero attached hydrogens (tertiary/aromatic N) is 1. The van der Waals surface area contributed by atoms with Crippen LogP contribution in [-0.2, 0) is 20.4 Å². The molecular formula is C13H18N2O4S. The highest BCUT2D eigenvalue weighted by molar-refractivity contribution is 7.70. The number of carbonyl (C=O) groups excluding carboxylic acids is 1. The Morgan fingerprint density at radius 1 is 1.45 bits per heavy atom. The van der Waals surface area contributed by atoms with Crippen molar-refractivity contribution in [2.75, 3.05) is 13.1 Å². The Balaban J connectivity index is 3.04. The lowest BCUT2D eigenvalue weighted by atomic mass is 10.2. The second-order valence-electron chi connectivity index (χ2n) is 4.05. The molecule has 0 aromatic heterocycles. The van der Waals surface area contributed by atoms with E-state index in [0.717, 1.165) is 0 Å². The fraction of sp³-hybridized carbons (Fsp3) is 0.308. The maximum absolute atomic E-state index is 11.4. The predicted octanol–water partition coefficient (Wildman–Crippen LogP) is 0.490. The first-order valence-corrected chi connectivity index (χ1v) is 7.11. The minimum absolute atomic E-state index is 0.132. The van der Waals surface area contributed by atoms with Gasteiger partial charge >= 0.3 is 0 Å². The SMILES string of the molecule is C=C/C=C1/O[C@@H](CNC(C)=O)CN([SH](=O)=O)/C1=C/C=C. The molecule has 1 saturated heterocycles. The van der Waals surface area contributed by atoms with Gasteiger partial charge in [0.25, 0.3) is 0 Å². The van der Waals surface area contributed by atoms with Gasteiger partial charge in [-0.1, -0.05) is 25.3 Å². The molecule has 1 aliphatic heterocycles. The minimum Gasteiger partial charge on any atom is -0.484 e. The molecule has 1 amide bonds. The molecule has 1 heterocycles. The zero-order valence-electron chi connectivity index (χ0n) is 11.2. The Kier molecular flexibility index (Phi) is 6.05.